The van der Waals surface area contributed by atoms with Crippen molar-refractivity contribution < 1.29 is 13.5 Å². The van der Waals surface area contributed by atoms with E-state index >= 15 is 0 Å². The molecule has 5 nitrogen and oxygen atoms in total. The number of aliphatic hydroxyl groups is 1. The van der Waals surface area contributed by atoms with Crippen molar-refractivity contribution in [3.63, 3.8) is 0 Å². The highest BCUT2D eigenvalue weighted by molar-refractivity contribution is 7.89. The van der Waals surface area contributed by atoms with E-state index in [2.05, 4.69) is 4.72 Å². The second-order valence-corrected chi connectivity index (χ2v) is 7.89. The fourth-order valence-electron chi connectivity index (χ4n) is 2.97. The second-order valence-electron chi connectivity index (χ2n) is 6.15. The van der Waals surface area contributed by atoms with Crippen molar-refractivity contribution >= 4 is 15.7 Å². The molecular formula is C15H24N2O3S. The highest BCUT2D eigenvalue weighted by Crippen LogP contribution is 2.37. The number of aryl methyl sites for hydroxylation is 1. The van der Waals surface area contributed by atoms with Crippen LogP contribution >= 0.6 is 0 Å². The summed E-state index contributed by atoms with van der Waals surface area (Å²) in [6.07, 6.45) is 3.80. The van der Waals surface area contributed by atoms with E-state index < -0.39 is 10.0 Å². The zero-order valence-electron chi connectivity index (χ0n) is 12.6. The van der Waals surface area contributed by atoms with E-state index in [4.69, 9.17) is 5.73 Å². The first kappa shape index (κ1) is 16.3. The lowest BCUT2D eigenvalue weighted by atomic mass is 9.88. The first-order chi connectivity index (χ1) is 9.80. The third kappa shape index (κ3) is 3.39. The van der Waals surface area contributed by atoms with E-state index in [-0.39, 0.29) is 23.5 Å². The Hall–Kier alpha value is -1.11. The normalized spacial score (nSPS) is 18.0. The highest BCUT2D eigenvalue weighted by Gasteiger charge is 2.34. The Balaban J connectivity index is 2.23. The van der Waals surface area contributed by atoms with Crippen molar-refractivity contribution in [3.05, 3.63) is 23.3 Å². The molecule has 118 valence electrons. The van der Waals surface area contributed by atoms with Crippen LogP contribution in [0.4, 0.5) is 5.69 Å². The van der Waals surface area contributed by atoms with Gasteiger partial charge in [-0.05, 0) is 49.9 Å². The van der Waals surface area contributed by atoms with Crippen LogP contribution in [0.3, 0.4) is 0 Å². The fourth-order valence-corrected chi connectivity index (χ4v) is 4.48. The Morgan fingerprint density at radius 3 is 2.48 bits per heavy atom. The number of rotatable bonds is 5. The van der Waals surface area contributed by atoms with E-state index in [9.17, 15) is 13.5 Å². The van der Waals surface area contributed by atoms with E-state index in [0.29, 0.717) is 11.3 Å². The molecule has 0 unspecified atom stereocenters. The fraction of sp³-hybridized carbons (Fsp3) is 0.600. The number of nitrogen functional groups attached to an aromatic ring is 1. The molecule has 1 saturated carbocycles. The number of nitrogens with two attached hydrogens (primary N) is 1. The van der Waals surface area contributed by atoms with Gasteiger partial charge >= 0.3 is 0 Å². The van der Waals surface area contributed by atoms with Crippen LogP contribution in [0, 0.1) is 19.3 Å². The Kier molecular flexibility index (Phi) is 4.60. The third-order valence-electron chi connectivity index (χ3n) is 4.57. The maximum absolute atomic E-state index is 12.5. The lowest BCUT2D eigenvalue weighted by Crippen LogP contribution is -2.38. The summed E-state index contributed by atoms with van der Waals surface area (Å²) in [5.41, 5.74) is 7.46. The van der Waals surface area contributed by atoms with Gasteiger partial charge in [-0.1, -0.05) is 12.8 Å². The number of nitrogens with one attached hydrogen (secondary N) is 1. The third-order valence-corrected chi connectivity index (χ3v) is 6.10. The first-order valence-electron chi connectivity index (χ1n) is 7.27. The van der Waals surface area contributed by atoms with Crippen molar-refractivity contribution in [2.24, 2.45) is 5.41 Å². The number of hydrogen-bond acceptors (Lipinski definition) is 4. The largest absolute Gasteiger partial charge is 0.399 e. The number of benzene rings is 1. The molecule has 0 amide bonds. The minimum Gasteiger partial charge on any atom is -0.399 e. The summed E-state index contributed by atoms with van der Waals surface area (Å²) in [5.74, 6) is 0. The molecule has 0 aromatic heterocycles. The number of aliphatic hydroxyl groups excluding tert-OH is 1. The number of sulfonamides is 1. The molecule has 0 aliphatic heterocycles. The van der Waals surface area contributed by atoms with Gasteiger partial charge in [-0.3, -0.25) is 0 Å². The highest BCUT2D eigenvalue weighted by atomic mass is 32.2. The van der Waals surface area contributed by atoms with Crippen LogP contribution in [-0.4, -0.2) is 26.7 Å². The minimum atomic E-state index is -3.61. The molecule has 6 heteroatoms. The molecule has 0 atom stereocenters. The molecule has 1 aliphatic rings. The maximum atomic E-state index is 12.5. The Labute approximate surface area is 126 Å². The van der Waals surface area contributed by atoms with Crippen molar-refractivity contribution in [2.45, 2.75) is 44.4 Å². The minimum absolute atomic E-state index is 0.0183. The zero-order chi connectivity index (χ0) is 15.7. The Morgan fingerprint density at radius 1 is 1.29 bits per heavy atom. The summed E-state index contributed by atoms with van der Waals surface area (Å²) >= 11 is 0. The summed E-state index contributed by atoms with van der Waals surface area (Å²) < 4.78 is 27.7. The van der Waals surface area contributed by atoms with E-state index in [1.165, 1.54) is 6.07 Å². The monoisotopic (exact) mass is 312 g/mol. The summed E-state index contributed by atoms with van der Waals surface area (Å²) in [4.78, 5) is 0.228. The van der Waals surface area contributed by atoms with E-state index in [0.717, 1.165) is 31.2 Å². The number of anilines is 1. The van der Waals surface area contributed by atoms with Crippen molar-refractivity contribution in [3.8, 4) is 0 Å². The van der Waals surface area contributed by atoms with Gasteiger partial charge in [0.25, 0.3) is 0 Å². The molecule has 2 rings (SSSR count). The molecule has 1 aliphatic carbocycles. The smallest absolute Gasteiger partial charge is 0.240 e. The first-order valence-corrected chi connectivity index (χ1v) is 8.75. The molecule has 4 N–H and O–H groups in total. The number of hydrogen-bond donors (Lipinski definition) is 3. The van der Waals surface area contributed by atoms with Crippen LogP contribution in [-0.2, 0) is 10.0 Å². The van der Waals surface area contributed by atoms with Crippen LogP contribution in [0.2, 0.25) is 0 Å². The van der Waals surface area contributed by atoms with Gasteiger partial charge in [0.15, 0.2) is 0 Å². The van der Waals surface area contributed by atoms with Gasteiger partial charge < -0.3 is 10.8 Å². The van der Waals surface area contributed by atoms with Crippen LogP contribution in [0.5, 0.6) is 0 Å². The summed E-state index contributed by atoms with van der Waals surface area (Å²) in [5, 5.41) is 9.57. The van der Waals surface area contributed by atoms with Crippen molar-refractivity contribution in [1.29, 1.82) is 0 Å². The lowest BCUT2D eigenvalue weighted by molar-refractivity contribution is 0.134. The molecule has 1 aromatic carbocycles. The maximum Gasteiger partial charge on any atom is 0.240 e. The van der Waals surface area contributed by atoms with E-state index in [1.54, 1.807) is 13.0 Å². The summed E-state index contributed by atoms with van der Waals surface area (Å²) in [6.45, 7) is 3.92. The average molecular weight is 312 g/mol. The summed E-state index contributed by atoms with van der Waals surface area (Å²) in [7, 11) is -3.61. The van der Waals surface area contributed by atoms with Gasteiger partial charge in [-0.15, -0.1) is 0 Å². The Morgan fingerprint density at radius 2 is 1.90 bits per heavy atom. The second kappa shape index (κ2) is 5.94. The molecule has 0 bridgehead atoms. The predicted molar refractivity (Wildman–Crippen MR) is 83.5 cm³/mol. The van der Waals surface area contributed by atoms with E-state index in [1.807, 2.05) is 6.92 Å². The molecule has 0 radical (unpaired) electrons. The lowest BCUT2D eigenvalue weighted by Gasteiger charge is -2.26. The molecule has 1 aromatic rings. The van der Waals surface area contributed by atoms with Crippen LogP contribution in [0.1, 0.15) is 36.8 Å². The topological polar surface area (TPSA) is 92.4 Å². The molecule has 21 heavy (non-hydrogen) atoms. The van der Waals surface area contributed by atoms with Gasteiger partial charge in [0, 0.05) is 24.3 Å². The average Bonchev–Trinajstić information content (AvgIpc) is 2.90. The molecule has 0 spiro atoms. The van der Waals surface area contributed by atoms with Crippen LogP contribution in [0.25, 0.3) is 0 Å². The van der Waals surface area contributed by atoms with Crippen LogP contribution in [0.15, 0.2) is 17.0 Å². The van der Waals surface area contributed by atoms with Crippen LogP contribution < -0.4 is 10.5 Å². The zero-order valence-corrected chi connectivity index (χ0v) is 13.5. The predicted octanol–water partition coefficient (Wildman–Crippen LogP) is 1.72. The SMILES string of the molecule is Cc1cc(N)cc(S(=O)(=O)NCC2(CO)CCCC2)c1C. The molecule has 1 fully saturated rings. The summed E-state index contributed by atoms with van der Waals surface area (Å²) in [6, 6.07) is 3.26. The quantitative estimate of drug-likeness (QED) is 0.722. The van der Waals surface area contributed by atoms with Crippen molar-refractivity contribution in [2.75, 3.05) is 18.9 Å². The van der Waals surface area contributed by atoms with Gasteiger partial charge in [0.05, 0.1) is 4.90 Å². The standard InChI is InChI=1S/C15H24N2O3S/c1-11-7-13(16)8-14(12(11)2)21(19,20)17-9-15(10-18)5-3-4-6-15/h7-8,17-18H,3-6,9-10,16H2,1-2H3. The Bertz CT molecular complexity index is 620. The molecular weight excluding hydrogens is 288 g/mol. The molecule has 0 heterocycles. The van der Waals surface area contributed by atoms with Gasteiger partial charge in [-0.2, -0.15) is 0 Å². The van der Waals surface area contributed by atoms with Gasteiger partial charge in [0.1, 0.15) is 0 Å². The van der Waals surface area contributed by atoms with Crippen molar-refractivity contribution in [1.82, 2.24) is 4.72 Å². The molecule has 0 saturated heterocycles. The van der Waals surface area contributed by atoms with Gasteiger partial charge in [-0.25, -0.2) is 13.1 Å². The van der Waals surface area contributed by atoms with Gasteiger partial charge in [0.2, 0.25) is 10.0 Å².